The maximum absolute atomic E-state index is 14.3. The summed E-state index contributed by atoms with van der Waals surface area (Å²) in [5, 5.41) is 9.52. The van der Waals surface area contributed by atoms with Gasteiger partial charge in [0.2, 0.25) is 5.91 Å². The van der Waals surface area contributed by atoms with Crippen LogP contribution in [-0.2, 0) is 23.9 Å². The number of aliphatic hydroxyl groups is 1. The molecule has 3 aliphatic rings. The molecule has 0 aromatic heterocycles. The summed E-state index contributed by atoms with van der Waals surface area (Å²) in [5.41, 5.74) is -1.34. The molecule has 1 spiro atoms. The van der Waals surface area contributed by atoms with Crippen molar-refractivity contribution in [2.24, 2.45) is 11.8 Å². The van der Waals surface area contributed by atoms with E-state index in [0.29, 0.717) is 37.1 Å². The third kappa shape index (κ3) is 3.89. The average Bonchev–Trinajstić information content (AvgIpc) is 3.49. The molecular formula is C27H36N2O7. The van der Waals surface area contributed by atoms with Crippen molar-refractivity contribution in [1.82, 2.24) is 4.90 Å². The number of aliphatic hydroxyl groups excluding tert-OH is 1. The number of hydrogen-bond donors (Lipinski definition) is 1. The van der Waals surface area contributed by atoms with Crippen molar-refractivity contribution in [3.63, 3.8) is 0 Å². The molecule has 0 saturated carbocycles. The molecule has 3 heterocycles. The Morgan fingerprint density at radius 1 is 1.28 bits per heavy atom. The molecular weight excluding hydrogens is 464 g/mol. The number of methoxy groups -OCH3 is 1. The largest absolute Gasteiger partial charge is 0.497 e. The molecule has 2 amide bonds. The summed E-state index contributed by atoms with van der Waals surface area (Å²) in [6, 6.07) is 6.17. The number of esters is 1. The van der Waals surface area contributed by atoms with Gasteiger partial charge in [0.25, 0.3) is 5.91 Å². The normalized spacial score (nSPS) is 30.3. The van der Waals surface area contributed by atoms with Crippen LogP contribution in [-0.4, -0.2) is 78.4 Å². The summed E-state index contributed by atoms with van der Waals surface area (Å²) in [5.74, 6) is -1.96. The van der Waals surface area contributed by atoms with Gasteiger partial charge in [-0.25, -0.2) is 0 Å². The van der Waals surface area contributed by atoms with Crippen LogP contribution in [0.5, 0.6) is 5.75 Å². The highest BCUT2D eigenvalue weighted by Crippen LogP contribution is 2.64. The topological polar surface area (TPSA) is 106 Å². The fraction of sp³-hybridized carbons (Fsp3) is 0.593. The van der Waals surface area contributed by atoms with E-state index in [2.05, 4.69) is 6.58 Å². The van der Waals surface area contributed by atoms with Gasteiger partial charge in [-0.1, -0.05) is 13.0 Å². The summed E-state index contributed by atoms with van der Waals surface area (Å²) >= 11 is 0. The second-order valence-electron chi connectivity index (χ2n) is 9.63. The first kappa shape index (κ1) is 26.2. The van der Waals surface area contributed by atoms with Crippen LogP contribution >= 0.6 is 0 Å². The van der Waals surface area contributed by atoms with E-state index in [4.69, 9.17) is 14.2 Å². The van der Waals surface area contributed by atoms with Crippen molar-refractivity contribution < 1.29 is 33.7 Å². The lowest BCUT2D eigenvalue weighted by Gasteiger charge is -2.37. The number of hydrogen-bond acceptors (Lipinski definition) is 7. The number of carbonyl (C=O) groups is 3. The second-order valence-corrected chi connectivity index (χ2v) is 9.63. The van der Waals surface area contributed by atoms with Crippen molar-refractivity contribution in [3.05, 3.63) is 36.9 Å². The molecule has 2 bridgehead atoms. The van der Waals surface area contributed by atoms with Crippen LogP contribution in [0.1, 0.15) is 39.5 Å². The smallest absolute Gasteiger partial charge is 0.312 e. The summed E-state index contributed by atoms with van der Waals surface area (Å²) in [6.07, 6.45) is 3.54. The van der Waals surface area contributed by atoms with Gasteiger partial charge in [-0.15, -0.1) is 6.58 Å². The minimum absolute atomic E-state index is 0.127. The zero-order valence-electron chi connectivity index (χ0n) is 21.3. The number of carbonyl (C=O) groups excluding carboxylic acids is 3. The zero-order valence-corrected chi connectivity index (χ0v) is 21.3. The molecule has 36 heavy (non-hydrogen) atoms. The van der Waals surface area contributed by atoms with Gasteiger partial charge in [-0.05, 0) is 56.9 Å². The van der Waals surface area contributed by atoms with E-state index in [9.17, 15) is 19.5 Å². The Morgan fingerprint density at radius 2 is 2.00 bits per heavy atom. The Labute approximate surface area is 212 Å². The van der Waals surface area contributed by atoms with Crippen molar-refractivity contribution in [2.45, 2.75) is 56.8 Å². The fourth-order valence-electron chi connectivity index (χ4n) is 6.43. The summed E-state index contributed by atoms with van der Waals surface area (Å²) in [4.78, 5) is 44.5. The number of fused-ring (bicyclic) bond motifs is 1. The Bertz CT molecular complexity index is 1010. The minimum Gasteiger partial charge on any atom is -0.497 e. The van der Waals surface area contributed by atoms with Crippen molar-refractivity contribution in [2.75, 3.05) is 38.3 Å². The quantitative estimate of drug-likeness (QED) is 0.367. The molecule has 3 fully saturated rings. The summed E-state index contributed by atoms with van der Waals surface area (Å²) in [7, 11) is 1.57. The lowest BCUT2D eigenvalue weighted by molar-refractivity contribution is -0.160. The standard InChI is InChI=1S/C27H36N2O7/c1-5-15-28(18-9-11-19(34-4)12-10-18)24(32)22-27-14-13-26(6-2,36-27)21(25(33)35-7-3)20(27)23(31)29(22)16-8-17-30/h5,9-12,20-22,30H,1,6-8,13-17H2,2-4H3/t20-,21+,22?,26-,27?/m0/s1. The third-order valence-electron chi connectivity index (χ3n) is 7.97. The lowest BCUT2D eigenvalue weighted by Crippen LogP contribution is -2.56. The van der Waals surface area contributed by atoms with Gasteiger partial charge in [-0.2, -0.15) is 0 Å². The SMILES string of the molecule is C=CCN(C(=O)C1N(CCCO)C(=O)[C@@H]2[C@H](C(=O)OCC)[C@]3(CC)CCC12O3)c1ccc(OC)cc1. The lowest BCUT2D eigenvalue weighted by atomic mass is 9.65. The first-order chi connectivity index (χ1) is 17.3. The number of amides is 2. The van der Waals surface area contributed by atoms with Gasteiger partial charge in [-0.3, -0.25) is 14.4 Å². The molecule has 0 radical (unpaired) electrons. The van der Waals surface area contributed by atoms with E-state index in [0.717, 1.165) is 0 Å². The highest BCUT2D eigenvalue weighted by molar-refractivity contribution is 6.04. The molecule has 196 valence electrons. The highest BCUT2D eigenvalue weighted by Gasteiger charge is 2.79. The number of likely N-dealkylation sites (tertiary alicyclic amines) is 1. The minimum atomic E-state index is -1.14. The van der Waals surface area contributed by atoms with Gasteiger partial charge < -0.3 is 29.1 Å². The summed E-state index contributed by atoms with van der Waals surface area (Å²) in [6.45, 7) is 7.98. The molecule has 9 heteroatoms. The molecule has 9 nitrogen and oxygen atoms in total. The molecule has 3 saturated heterocycles. The monoisotopic (exact) mass is 500 g/mol. The molecule has 2 unspecified atom stereocenters. The maximum atomic E-state index is 14.3. The van der Waals surface area contributed by atoms with E-state index in [-0.39, 0.29) is 38.1 Å². The number of benzene rings is 1. The highest BCUT2D eigenvalue weighted by atomic mass is 16.6. The van der Waals surface area contributed by atoms with Crippen LogP contribution in [0.3, 0.4) is 0 Å². The van der Waals surface area contributed by atoms with Crippen LogP contribution < -0.4 is 9.64 Å². The fourth-order valence-corrected chi connectivity index (χ4v) is 6.43. The molecule has 1 N–H and O–H groups in total. The second kappa shape index (κ2) is 10.2. The first-order valence-corrected chi connectivity index (χ1v) is 12.7. The predicted molar refractivity (Wildman–Crippen MR) is 132 cm³/mol. The Hall–Kier alpha value is -2.91. The number of ether oxygens (including phenoxy) is 3. The van der Waals surface area contributed by atoms with Gasteiger partial charge in [0, 0.05) is 25.4 Å². The first-order valence-electron chi connectivity index (χ1n) is 12.7. The summed E-state index contributed by atoms with van der Waals surface area (Å²) < 4.78 is 17.3. The van der Waals surface area contributed by atoms with Crippen LogP contribution in [0.4, 0.5) is 5.69 Å². The van der Waals surface area contributed by atoms with E-state index in [1.165, 1.54) is 4.90 Å². The van der Waals surface area contributed by atoms with E-state index in [1.54, 1.807) is 49.3 Å². The molecule has 0 aliphatic carbocycles. The van der Waals surface area contributed by atoms with Crippen LogP contribution in [0.15, 0.2) is 36.9 Å². The number of rotatable bonds is 11. The van der Waals surface area contributed by atoms with E-state index in [1.807, 2.05) is 6.92 Å². The van der Waals surface area contributed by atoms with Gasteiger partial charge in [0.05, 0.1) is 25.2 Å². The Balaban J connectivity index is 1.79. The molecule has 1 aromatic rings. The van der Waals surface area contributed by atoms with E-state index >= 15 is 0 Å². The zero-order chi connectivity index (χ0) is 26.1. The third-order valence-corrected chi connectivity index (χ3v) is 7.97. The van der Waals surface area contributed by atoms with Crippen LogP contribution in [0.2, 0.25) is 0 Å². The number of nitrogens with zero attached hydrogens (tertiary/aromatic N) is 2. The molecule has 1 aromatic carbocycles. The van der Waals surface area contributed by atoms with Crippen molar-refractivity contribution in [1.29, 1.82) is 0 Å². The molecule has 3 aliphatic heterocycles. The molecule has 5 atom stereocenters. The van der Waals surface area contributed by atoms with Gasteiger partial charge in [0.15, 0.2) is 0 Å². The van der Waals surface area contributed by atoms with Gasteiger partial charge in [0.1, 0.15) is 23.3 Å². The van der Waals surface area contributed by atoms with Crippen LogP contribution in [0.25, 0.3) is 0 Å². The Morgan fingerprint density at radius 3 is 2.58 bits per heavy atom. The Kier molecular flexibility index (Phi) is 7.43. The van der Waals surface area contributed by atoms with E-state index < -0.39 is 35.0 Å². The van der Waals surface area contributed by atoms with Gasteiger partial charge >= 0.3 is 5.97 Å². The maximum Gasteiger partial charge on any atom is 0.312 e. The van der Waals surface area contributed by atoms with Crippen molar-refractivity contribution >= 4 is 23.5 Å². The molecule has 4 rings (SSSR count). The van der Waals surface area contributed by atoms with Crippen molar-refractivity contribution in [3.8, 4) is 5.75 Å². The number of anilines is 1. The predicted octanol–water partition coefficient (Wildman–Crippen LogP) is 2.31. The average molecular weight is 501 g/mol. The van der Waals surface area contributed by atoms with Crippen LogP contribution in [0, 0.1) is 11.8 Å².